The van der Waals surface area contributed by atoms with Gasteiger partial charge in [0, 0.05) is 35.9 Å². The Morgan fingerprint density at radius 3 is 2.61 bits per heavy atom. The van der Waals surface area contributed by atoms with E-state index in [0.717, 1.165) is 28.2 Å². The Hall–Kier alpha value is -5.49. The first kappa shape index (κ1) is 22.9. The quantitative estimate of drug-likeness (QED) is 0.356. The van der Waals surface area contributed by atoms with Gasteiger partial charge in [0.15, 0.2) is 11.5 Å². The van der Waals surface area contributed by atoms with Gasteiger partial charge in [-0.3, -0.25) is 14.2 Å². The number of nitrogens with zero attached hydrogens (tertiary/aromatic N) is 6. The normalized spacial score (nSPS) is 11.7. The number of hydrogen-bond donors (Lipinski definition) is 2. The first-order valence-corrected chi connectivity index (χ1v) is 12.0. The average Bonchev–Trinajstić information content (AvgIpc) is 3.50. The summed E-state index contributed by atoms with van der Waals surface area (Å²) in [6.45, 7) is 1.89. The number of nitrogens with one attached hydrogen (secondary N) is 1. The third kappa shape index (κ3) is 4.10. The van der Waals surface area contributed by atoms with E-state index in [0.29, 0.717) is 11.3 Å². The summed E-state index contributed by atoms with van der Waals surface area (Å²) >= 11 is 0. The first-order chi connectivity index (χ1) is 18.6. The molecule has 9 nitrogen and oxygen atoms in total. The smallest absolute Gasteiger partial charge is 0.259 e. The number of benzene rings is 1. The molecule has 1 atom stereocenters. The molecule has 184 valence electrons. The Morgan fingerprint density at radius 2 is 1.79 bits per heavy atom. The summed E-state index contributed by atoms with van der Waals surface area (Å²) in [5.74, 6) is 6.22. The zero-order valence-corrected chi connectivity index (χ0v) is 20.4. The molecule has 6 aromatic rings. The first-order valence-electron chi connectivity index (χ1n) is 12.0. The summed E-state index contributed by atoms with van der Waals surface area (Å²) in [4.78, 5) is 26.6. The van der Waals surface area contributed by atoms with Crippen molar-refractivity contribution in [2.75, 3.05) is 5.73 Å². The summed E-state index contributed by atoms with van der Waals surface area (Å²) in [6, 6.07) is 20.7. The predicted octanol–water partition coefficient (Wildman–Crippen LogP) is 3.91. The molecule has 1 unspecified atom stereocenters. The number of nitrogen functional groups attached to an aromatic ring is 1. The van der Waals surface area contributed by atoms with Gasteiger partial charge >= 0.3 is 0 Å². The molecule has 5 aromatic heterocycles. The largest absolute Gasteiger partial charge is 0.381 e. The molecule has 5 heterocycles. The number of amides is 1. The SMILES string of the molecule is CC(NC(=O)c1c(N)nn2cccnc12)c1nc2cccc(C#Cc3ccncc3)n2c1-c1ccccc1. The third-order valence-electron chi connectivity index (χ3n) is 6.14. The highest BCUT2D eigenvalue weighted by Crippen LogP contribution is 2.31. The fraction of sp³-hybridized carbons (Fsp3) is 0.0690. The maximum absolute atomic E-state index is 13.4. The van der Waals surface area contributed by atoms with E-state index >= 15 is 0 Å². The second-order valence-corrected chi connectivity index (χ2v) is 8.65. The number of imidazole rings is 1. The lowest BCUT2D eigenvalue weighted by molar-refractivity contribution is 0.0941. The van der Waals surface area contributed by atoms with Gasteiger partial charge in [-0.1, -0.05) is 42.3 Å². The zero-order valence-electron chi connectivity index (χ0n) is 20.4. The summed E-state index contributed by atoms with van der Waals surface area (Å²) in [5.41, 5.74) is 11.5. The van der Waals surface area contributed by atoms with Crippen molar-refractivity contribution in [3.63, 3.8) is 0 Å². The molecule has 0 aliphatic carbocycles. The van der Waals surface area contributed by atoms with E-state index in [2.05, 4.69) is 32.2 Å². The van der Waals surface area contributed by atoms with Crippen LogP contribution in [-0.2, 0) is 0 Å². The number of anilines is 1. The van der Waals surface area contributed by atoms with E-state index in [1.54, 1.807) is 30.9 Å². The van der Waals surface area contributed by atoms with Crippen LogP contribution in [0.15, 0.2) is 91.5 Å². The fourth-order valence-corrected chi connectivity index (χ4v) is 4.41. The molecule has 0 aliphatic heterocycles. The number of rotatable bonds is 4. The number of hydrogen-bond acceptors (Lipinski definition) is 6. The topological polar surface area (TPSA) is 116 Å². The number of carbonyl (C=O) groups excluding carboxylic acids is 1. The second-order valence-electron chi connectivity index (χ2n) is 8.65. The molecule has 0 radical (unpaired) electrons. The Morgan fingerprint density at radius 1 is 0.974 bits per heavy atom. The zero-order chi connectivity index (χ0) is 26.1. The van der Waals surface area contributed by atoms with E-state index in [9.17, 15) is 4.79 Å². The number of aromatic nitrogens is 6. The van der Waals surface area contributed by atoms with Crippen molar-refractivity contribution in [1.82, 2.24) is 34.3 Å². The number of carbonyl (C=O) groups is 1. The molecule has 3 N–H and O–H groups in total. The van der Waals surface area contributed by atoms with Crippen LogP contribution < -0.4 is 11.1 Å². The minimum atomic E-state index is -0.461. The molecule has 9 heteroatoms. The van der Waals surface area contributed by atoms with Crippen molar-refractivity contribution in [2.24, 2.45) is 0 Å². The molecule has 0 fully saturated rings. The molecule has 0 saturated heterocycles. The van der Waals surface area contributed by atoms with E-state index < -0.39 is 6.04 Å². The molecule has 0 saturated carbocycles. The number of pyridine rings is 2. The van der Waals surface area contributed by atoms with Gasteiger partial charge in [0.25, 0.3) is 5.91 Å². The molecule has 1 amide bonds. The highest BCUT2D eigenvalue weighted by atomic mass is 16.1. The standard InChI is InChI=1S/C29H22N8O/c1-19(33-29(38)24-27(30)35-36-18-6-15-32-28(24)36)25-26(21-7-3-2-4-8-21)37-22(9-5-10-23(37)34-25)12-11-20-13-16-31-17-14-20/h2-10,13-19H,1H3,(H2,30,35)(H,33,38). The lowest BCUT2D eigenvalue weighted by atomic mass is 10.1. The minimum Gasteiger partial charge on any atom is -0.381 e. The molecule has 0 spiro atoms. The number of fused-ring (bicyclic) bond motifs is 2. The van der Waals surface area contributed by atoms with Crippen LogP contribution in [-0.4, -0.2) is 34.9 Å². The van der Waals surface area contributed by atoms with Crippen LogP contribution in [0.4, 0.5) is 5.82 Å². The van der Waals surface area contributed by atoms with Crippen molar-refractivity contribution in [3.8, 4) is 23.1 Å². The lowest BCUT2D eigenvalue weighted by Gasteiger charge is -2.14. The van der Waals surface area contributed by atoms with Crippen LogP contribution in [0.25, 0.3) is 22.6 Å². The Labute approximate surface area is 218 Å². The van der Waals surface area contributed by atoms with Crippen molar-refractivity contribution < 1.29 is 4.79 Å². The van der Waals surface area contributed by atoms with Gasteiger partial charge in [-0.15, -0.1) is 5.10 Å². The fourth-order valence-electron chi connectivity index (χ4n) is 4.41. The van der Waals surface area contributed by atoms with Crippen LogP contribution in [0.1, 0.15) is 40.3 Å². The third-order valence-corrected chi connectivity index (χ3v) is 6.14. The van der Waals surface area contributed by atoms with Crippen LogP contribution >= 0.6 is 0 Å². The predicted molar refractivity (Wildman–Crippen MR) is 144 cm³/mol. The average molecular weight is 499 g/mol. The van der Waals surface area contributed by atoms with Crippen molar-refractivity contribution >= 4 is 23.0 Å². The molecule has 0 bridgehead atoms. The van der Waals surface area contributed by atoms with Gasteiger partial charge < -0.3 is 11.1 Å². The summed E-state index contributed by atoms with van der Waals surface area (Å²) in [7, 11) is 0. The summed E-state index contributed by atoms with van der Waals surface area (Å²) in [5, 5.41) is 7.25. The van der Waals surface area contributed by atoms with Gasteiger partial charge in [0.2, 0.25) is 0 Å². The highest BCUT2D eigenvalue weighted by Gasteiger charge is 2.25. The van der Waals surface area contributed by atoms with E-state index in [1.807, 2.05) is 72.0 Å². The molecule has 1 aromatic carbocycles. The van der Waals surface area contributed by atoms with Crippen LogP contribution in [0.5, 0.6) is 0 Å². The monoisotopic (exact) mass is 498 g/mol. The molecule has 0 aliphatic rings. The van der Waals surface area contributed by atoms with Gasteiger partial charge in [-0.2, -0.15) is 0 Å². The van der Waals surface area contributed by atoms with Crippen molar-refractivity contribution in [1.29, 1.82) is 0 Å². The Bertz CT molecular complexity index is 1850. The van der Waals surface area contributed by atoms with Crippen LogP contribution in [0.2, 0.25) is 0 Å². The van der Waals surface area contributed by atoms with Gasteiger partial charge in [-0.25, -0.2) is 14.5 Å². The van der Waals surface area contributed by atoms with Crippen LogP contribution in [0, 0.1) is 11.8 Å². The summed E-state index contributed by atoms with van der Waals surface area (Å²) < 4.78 is 3.51. The van der Waals surface area contributed by atoms with E-state index in [4.69, 9.17) is 10.7 Å². The van der Waals surface area contributed by atoms with Crippen molar-refractivity contribution in [2.45, 2.75) is 13.0 Å². The molecule has 6 rings (SSSR count). The van der Waals surface area contributed by atoms with Gasteiger partial charge in [0.05, 0.1) is 23.1 Å². The van der Waals surface area contributed by atoms with Crippen molar-refractivity contribution in [3.05, 3.63) is 114 Å². The molecular formula is C29H22N8O. The van der Waals surface area contributed by atoms with E-state index in [1.165, 1.54) is 4.52 Å². The minimum absolute atomic E-state index is 0.111. The van der Waals surface area contributed by atoms with Crippen LogP contribution in [0.3, 0.4) is 0 Å². The molecule has 38 heavy (non-hydrogen) atoms. The van der Waals surface area contributed by atoms with Gasteiger partial charge in [-0.05, 0) is 43.2 Å². The maximum Gasteiger partial charge on any atom is 0.259 e. The number of nitrogens with two attached hydrogens (primary N) is 1. The Kier molecular flexibility index (Phi) is 5.75. The lowest BCUT2D eigenvalue weighted by Crippen LogP contribution is -2.28. The maximum atomic E-state index is 13.4. The molecular weight excluding hydrogens is 476 g/mol. The van der Waals surface area contributed by atoms with E-state index in [-0.39, 0.29) is 17.3 Å². The Balaban J connectivity index is 1.45. The van der Waals surface area contributed by atoms with Gasteiger partial charge in [0.1, 0.15) is 11.2 Å². The summed E-state index contributed by atoms with van der Waals surface area (Å²) in [6.07, 6.45) is 6.72. The second kappa shape index (κ2) is 9.52. The highest BCUT2D eigenvalue weighted by molar-refractivity contribution is 6.04.